The molecule has 1 aliphatic heterocycles. The van der Waals surface area contributed by atoms with Crippen molar-refractivity contribution >= 4 is 44.5 Å². The van der Waals surface area contributed by atoms with Crippen molar-refractivity contribution in [1.29, 1.82) is 0 Å². The molecule has 0 spiro atoms. The van der Waals surface area contributed by atoms with Gasteiger partial charge in [-0.2, -0.15) is 0 Å². The van der Waals surface area contributed by atoms with Crippen molar-refractivity contribution in [1.82, 2.24) is 9.80 Å². The van der Waals surface area contributed by atoms with E-state index < -0.39 is 0 Å². The molecule has 4 aromatic rings. The molecule has 0 saturated carbocycles. The van der Waals surface area contributed by atoms with Gasteiger partial charge in [-0.3, -0.25) is 9.80 Å². The lowest BCUT2D eigenvalue weighted by atomic mass is 10.0. The molecule has 5 rings (SSSR count). The average molecular weight is 539 g/mol. The molecule has 0 amide bonds. The van der Waals surface area contributed by atoms with Crippen LogP contribution in [0.15, 0.2) is 72.8 Å². The van der Waals surface area contributed by atoms with Crippen molar-refractivity contribution in [2.24, 2.45) is 0 Å². The minimum absolute atomic E-state index is 0.362. The van der Waals surface area contributed by atoms with Gasteiger partial charge in [-0.25, -0.2) is 0 Å². The smallest absolute Gasteiger partial charge is 0.120 e. The summed E-state index contributed by atoms with van der Waals surface area (Å²) in [5, 5.41) is 11.4. The lowest BCUT2D eigenvalue weighted by Gasteiger charge is -2.35. The highest BCUT2D eigenvalue weighted by Gasteiger charge is 2.19. The highest BCUT2D eigenvalue weighted by molar-refractivity contribution is 7.80. The number of rotatable bonds is 7. The van der Waals surface area contributed by atoms with Crippen LogP contribution in [-0.2, 0) is 19.5 Å². The topological polar surface area (TPSA) is 26.7 Å². The molecule has 0 bridgehead atoms. The van der Waals surface area contributed by atoms with Crippen molar-refractivity contribution in [2.45, 2.75) is 19.5 Å². The van der Waals surface area contributed by atoms with E-state index in [4.69, 9.17) is 23.8 Å². The summed E-state index contributed by atoms with van der Waals surface area (Å²) in [7, 11) is 3.40. The summed E-state index contributed by atoms with van der Waals surface area (Å²) in [4.78, 5) is 6.12. The maximum Gasteiger partial charge on any atom is 0.120 e. The molecule has 3 aromatic carbocycles. The second-order valence-electron chi connectivity index (χ2n) is 8.95. The molecular formula is C28H27ClN2OS3. The Hall–Kier alpha value is -2.06. The lowest BCUT2D eigenvalue weighted by molar-refractivity contribution is 0.121. The Morgan fingerprint density at radius 3 is 2.20 bits per heavy atom. The Morgan fingerprint density at radius 2 is 1.49 bits per heavy atom. The van der Waals surface area contributed by atoms with Gasteiger partial charge in [-0.15, -0.1) is 0 Å². The van der Waals surface area contributed by atoms with Crippen molar-refractivity contribution in [3.05, 3.63) is 104 Å². The van der Waals surface area contributed by atoms with Crippen LogP contribution in [0.3, 0.4) is 0 Å². The lowest BCUT2D eigenvalue weighted by Crippen LogP contribution is -2.45. The molecule has 35 heavy (non-hydrogen) atoms. The van der Waals surface area contributed by atoms with Crippen LogP contribution in [0.5, 0.6) is 5.75 Å². The highest BCUT2D eigenvalue weighted by Crippen LogP contribution is 2.38. The van der Waals surface area contributed by atoms with Crippen LogP contribution < -0.4 is 0 Å². The first kappa shape index (κ1) is 24.6. The number of hydrogen-bond acceptors (Lipinski definition) is 6. The number of aromatic hydroxyl groups is 1. The van der Waals surface area contributed by atoms with Crippen molar-refractivity contribution in [2.75, 3.05) is 26.2 Å². The summed E-state index contributed by atoms with van der Waals surface area (Å²) in [6.07, 6.45) is 0.834. The van der Waals surface area contributed by atoms with E-state index in [-0.39, 0.29) is 0 Å². The molecule has 1 saturated heterocycles. The number of phenols is 1. The van der Waals surface area contributed by atoms with Gasteiger partial charge in [0.05, 0.1) is 4.88 Å². The fourth-order valence-electron chi connectivity index (χ4n) is 4.50. The summed E-state index contributed by atoms with van der Waals surface area (Å²) in [5.74, 6) is 0.362. The number of piperazine rings is 1. The SMILES string of the molecule is Oc1ccc(-c2ssc(=S)c2Cc2ccccc2)cc1CN1CCN(Cc2ccc(Cl)cc2)CC1. The summed E-state index contributed by atoms with van der Waals surface area (Å²) in [6, 6.07) is 24.6. The molecule has 1 aromatic heterocycles. The van der Waals surface area contributed by atoms with Gasteiger partial charge in [0.1, 0.15) is 9.57 Å². The van der Waals surface area contributed by atoms with E-state index in [2.05, 4.69) is 52.3 Å². The fraction of sp³-hybridized carbons (Fsp3) is 0.250. The van der Waals surface area contributed by atoms with E-state index in [1.807, 2.05) is 30.3 Å². The van der Waals surface area contributed by atoms with Crippen LogP contribution >= 0.6 is 44.5 Å². The maximum absolute atomic E-state index is 10.6. The van der Waals surface area contributed by atoms with Crippen molar-refractivity contribution in [3.63, 3.8) is 0 Å². The molecule has 1 N–H and O–H groups in total. The number of halogens is 1. The van der Waals surface area contributed by atoms with Gasteiger partial charge in [0.25, 0.3) is 0 Å². The van der Waals surface area contributed by atoms with E-state index in [1.165, 1.54) is 21.6 Å². The summed E-state index contributed by atoms with van der Waals surface area (Å²) in [5.41, 5.74) is 5.89. The Bertz CT molecular complexity index is 1330. The molecule has 7 heteroatoms. The Kier molecular flexibility index (Phi) is 7.97. The molecule has 0 atom stereocenters. The minimum atomic E-state index is 0.362. The van der Waals surface area contributed by atoms with E-state index in [9.17, 15) is 5.11 Å². The quantitative estimate of drug-likeness (QED) is 0.195. The number of nitrogens with zero attached hydrogens (tertiary/aromatic N) is 2. The monoisotopic (exact) mass is 538 g/mol. The molecule has 0 radical (unpaired) electrons. The van der Waals surface area contributed by atoms with Gasteiger partial charge in [0, 0.05) is 61.8 Å². The summed E-state index contributed by atoms with van der Waals surface area (Å²) in [6.45, 7) is 5.67. The van der Waals surface area contributed by atoms with Gasteiger partial charge in [0.2, 0.25) is 0 Å². The first-order valence-corrected chi connectivity index (χ1v) is 14.7. The van der Waals surface area contributed by atoms with Gasteiger partial charge in [-0.05, 0) is 47.0 Å². The van der Waals surface area contributed by atoms with Crippen LogP contribution in [0.1, 0.15) is 22.3 Å². The van der Waals surface area contributed by atoms with Crippen molar-refractivity contribution < 1.29 is 5.11 Å². The molecule has 2 heterocycles. The second kappa shape index (κ2) is 11.3. The first-order valence-electron chi connectivity index (χ1n) is 11.7. The minimum Gasteiger partial charge on any atom is -0.508 e. The highest BCUT2D eigenvalue weighted by atomic mass is 35.5. The molecule has 1 aliphatic rings. The zero-order chi connectivity index (χ0) is 24.2. The molecule has 1 fully saturated rings. The normalized spacial score (nSPS) is 14.9. The first-order chi connectivity index (χ1) is 17.0. The van der Waals surface area contributed by atoms with Gasteiger partial charge < -0.3 is 5.11 Å². The predicted octanol–water partition coefficient (Wildman–Crippen LogP) is 7.47. The molecule has 180 valence electrons. The van der Waals surface area contributed by atoms with Crippen LogP contribution in [0.2, 0.25) is 5.02 Å². The van der Waals surface area contributed by atoms with Crippen molar-refractivity contribution in [3.8, 4) is 16.2 Å². The fourth-order valence-corrected chi connectivity index (χ4v) is 7.53. The standard InChI is InChI=1S/C28H27ClN2OS3/c29-24-9-6-21(7-10-24)18-30-12-14-31(15-13-30)19-23-17-22(8-11-26(23)32)27-25(28(33)35-34-27)16-20-4-2-1-3-5-20/h1-11,17,32H,12-16,18-19H2. The molecule has 0 unspecified atom stereocenters. The summed E-state index contributed by atoms with van der Waals surface area (Å²) >= 11 is 11.7. The largest absolute Gasteiger partial charge is 0.508 e. The van der Waals surface area contributed by atoms with Crippen LogP contribution in [0.25, 0.3) is 10.4 Å². The molecular weight excluding hydrogens is 512 g/mol. The van der Waals surface area contributed by atoms with Gasteiger partial charge in [-0.1, -0.05) is 87.0 Å². The maximum atomic E-state index is 10.6. The average Bonchev–Trinajstić information content (AvgIpc) is 3.23. The van der Waals surface area contributed by atoms with Crippen LogP contribution in [-0.4, -0.2) is 41.1 Å². The second-order valence-corrected chi connectivity index (χ2v) is 12.2. The van der Waals surface area contributed by atoms with E-state index in [0.717, 1.165) is 65.7 Å². The zero-order valence-corrected chi connectivity index (χ0v) is 22.5. The predicted molar refractivity (Wildman–Crippen MR) is 151 cm³/mol. The Balaban J connectivity index is 1.26. The third-order valence-corrected chi connectivity index (χ3v) is 9.91. The van der Waals surface area contributed by atoms with Gasteiger partial charge >= 0.3 is 0 Å². The third kappa shape index (κ3) is 6.20. The molecule has 0 aliphatic carbocycles. The van der Waals surface area contributed by atoms with Crippen LogP contribution in [0, 0.1) is 3.82 Å². The van der Waals surface area contributed by atoms with E-state index >= 15 is 0 Å². The number of hydrogen-bond donors (Lipinski definition) is 1. The Morgan fingerprint density at radius 1 is 0.800 bits per heavy atom. The summed E-state index contributed by atoms with van der Waals surface area (Å²) < 4.78 is 0.959. The Labute approximate surface area is 224 Å². The third-order valence-electron chi connectivity index (χ3n) is 6.46. The van der Waals surface area contributed by atoms with E-state index in [1.54, 1.807) is 20.7 Å². The van der Waals surface area contributed by atoms with E-state index in [0.29, 0.717) is 5.75 Å². The number of benzene rings is 3. The number of phenolic OH excluding ortho intramolecular Hbond substituents is 1. The van der Waals surface area contributed by atoms with Crippen LogP contribution in [0.4, 0.5) is 0 Å². The van der Waals surface area contributed by atoms with Gasteiger partial charge in [0.15, 0.2) is 0 Å². The zero-order valence-electron chi connectivity index (χ0n) is 19.3. The molecule has 3 nitrogen and oxygen atoms in total.